The van der Waals surface area contributed by atoms with Gasteiger partial charge in [0.15, 0.2) is 0 Å². The fraction of sp³-hybridized carbons (Fsp3) is 0.143. The number of thiophene rings is 1. The molecule has 0 aliphatic heterocycles. The smallest absolute Gasteiger partial charge is 0.316 e. The largest absolute Gasteiger partial charge is 0.426 e. The molecule has 1 amide bonds. The fourth-order valence-corrected chi connectivity index (χ4v) is 2.22. The first kappa shape index (κ1) is 13.3. The minimum Gasteiger partial charge on any atom is -0.426 e. The number of amides is 1. The maximum Gasteiger partial charge on any atom is 0.316 e. The normalized spacial score (nSPS) is 9.95. The third-order valence-corrected chi connectivity index (χ3v) is 3.18. The van der Waals surface area contributed by atoms with Crippen LogP contribution in [0.2, 0.25) is 0 Å². The van der Waals surface area contributed by atoms with Gasteiger partial charge in [-0.2, -0.15) is 0 Å². The molecule has 0 spiro atoms. The number of nitrogens with one attached hydrogen (secondary N) is 1. The summed E-state index contributed by atoms with van der Waals surface area (Å²) >= 11 is 1.52. The second kappa shape index (κ2) is 6.15. The fourth-order valence-electron chi connectivity index (χ4n) is 1.53. The van der Waals surface area contributed by atoms with E-state index in [0.717, 1.165) is 4.88 Å². The predicted octanol–water partition coefficient (Wildman–Crippen LogP) is 2.85. The molecule has 0 radical (unpaired) electrons. The van der Waals surface area contributed by atoms with Gasteiger partial charge in [-0.1, -0.05) is 6.07 Å². The van der Waals surface area contributed by atoms with Crippen molar-refractivity contribution in [2.75, 3.05) is 5.32 Å². The minimum atomic E-state index is -0.297. The maximum atomic E-state index is 11.7. The van der Waals surface area contributed by atoms with Crippen molar-refractivity contribution in [1.82, 2.24) is 0 Å². The van der Waals surface area contributed by atoms with E-state index in [1.807, 2.05) is 17.5 Å². The monoisotopic (exact) mass is 275 g/mol. The van der Waals surface area contributed by atoms with Crippen LogP contribution in [0.5, 0.6) is 5.75 Å². The summed E-state index contributed by atoms with van der Waals surface area (Å²) in [6, 6.07) is 10.5. The Morgan fingerprint density at radius 1 is 1.21 bits per heavy atom. The van der Waals surface area contributed by atoms with Gasteiger partial charge in [-0.05, 0) is 35.7 Å². The van der Waals surface area contributed by atoms with Crippen molar-refractivity contribution in [3.8, 4) is 5.75 Å². The van der Waals surface area contributed by atoms with E-state index in [2.05, 4.69) is 5.32 Å². The van der Waals surface area contributed by atoms with Crippen molar-refractivity contribution in [1.29, 1.82) is 0 Å². The van der Waals surface area contributed by atoms with E-state index in [1.165, 1.54) is 18.3 Å². The van der Waals surface area contributed by atoms with Crippen LogP contribution in [0.4, 0.5) is 5.69 Å². The summed E-state index contributed by atoms with van der Waals surface area (Å²) < 4.78 is 5.20. The van der Waals surface area contributed by atoms with Crippen LogP contribution in [0.1, 0.15) is 11.8 Å². The standard InChI is InChI=1S/C14H13NO3S/c1-10(16)15-11-4-6-12(7-5-11)18-14(17)9-13-3-2-8-19-13/h2-8H,9H2,1H3,(H,15,16). The Hall–Kier alpha value is -2.14. The molecule has 0 saturated carbocycles. The van der Waals surface area contributed by atoms with Gasteiger partial charge >= 0.3 is 5.97 Å². The highest BCUT2D eigenvalue weighted by molar-refractivity contribution is 7.10. The van der Waals surface area contributed by atoms with Crippen LogP contribution < -0.4 is 10.1 Å². The van der Waals surface area contributed by atoms with Gasteiger partial charge in [0.2, 0.25) is 5.91 Å². The van der Waals surface area contributed by atoms with E-state index >= 15 is 0 Å². The van der Waals surface area contributed by atoms with Crippen molar-refractivity contribution in [2.24, 2.45) is 0 Å². The molecule has 0 aliphatic rings. The number of anilines is 1. The molecule has 0 atom stereocenters. The first-order chi connectivity index (χ1) is 9.13. The van der Waals surface area contributed by atoms with E-state index in [1.54, 1.807) is 24.3 Å². The number of carbonyl (C=O) groups is 2. The molecule has 2 aromatic rings. The molecule has 1 aromatic carbocycles. The summed E-state index contributed by atoms with van der Waals surface area (Å²) in [6.07, 6.45) is 0.269. The Balaban J connectivity index is 1.92. The summed E-state index contributed by atoms with van der Waals surface area (Å²) in [5.41, 5.74) is 0.672. The van der Waals surface area contributed by atoms with Crippen molar-refractivity contribution in [3.63, 3.8) is 0 Å². The third kappa shape index (κ3) is 4.22. The Morgan fingerprint density at radius 3 is 2.53 bits per heavy atom. The zero-order valence-corrected chi connectivity index (χ0v) is 11.2. The van der Waals surface area contributed by atoms with Crippen molar-refractivity contribution in [2.45, 2.75) is 13.3 Å². The summed E-state index contributed by atoms with van der Waals surface area (Å²) in [5.74, 6) is 0.0350. The number of ether oxygens (including phenoxy) is 1. The molecule has 1 heterocycles. The number of hydrogen-bond acceptors (Lipinski definition) is 4. The lowest BCUT2D eigenvalue weighted by Gasteiger charge is -2.05. The highest BCUT2D eigenvalue weighted by Crippen LogP contribution is 2.17. The van der Waals surface area contributed by atoms with E-state index in [-0.39, 0.29) is 18.3 Å². The van der Waals surface area contributed by atoms with Gasteiger partial charge in [0.1, 0.15) is 5.75 Å². The predicted molar refractivity (Wildman–Crippen MR) is 74.4 cm³/mol. The molecule has 1 aromatic heterocycles. The molecule has 5 heteroatoms. The lowest BCUT2D eigenvalue weighted by molar-refractivity contribution is -0.133. The summed E-state index contributed by atoms with van der Waals surface area (Å²) in [7, 11) is 0. The van der Waals surface area contributed by atoms with Crippen LogP contribution in [0.15, 0.2) is 41.8 Å². The molecule has 1 N–H and O–H groups in total. The summed E-state index contributed by atoms with van der Waals surface area (Å²) in [4.78, 5) is 23.5. The lowest BCUT2D eigenvalue weighted by atomic mass is 10.3. The maximum absolute atomic E-state index is 11.7. The average molecular weight is 275 g/mol. The van der Waals surface area contributed by atoms with Crippen molar-refractivity contribution >= 4 is 28.9 Å². The van der Waals surface area contributed by atoms with E-state index < -0.39 is 0 Å². The van der Waals surface area contributed by atoms with Crippen LogP contribution in [0.3, 0.4) is 0 Å². The highest BCUT2D eigenvalue weighted by Gasteiger charge is 2.07. The van der Waals surface area contributed by atoms with Crippen molar-refractivity contribution in [3.05, 3.63) is 46.7 Å². The van der Waals surface area contributed by atoms with Gasteiger partial charge in [-0.3, -0.25) is 9.59 Å². The lowest BCUT2D eigenvalue weighted by Crippen LogP contribution is -2.10. The van der Waals surface area contributed by atoms with E-state index in [9.17, 15) is 9.59 Å². The minimum absolute atomic E-state index is 0.137. The van der Waals surface area contributed by atoms with E-state index in [4.69, 9.17) is 4.74 Å². The zero-order chi connectivity index (χ0) is 13.7. The Bertz CT molecular complexity index is 561. The van der Waals surface area contributed by atoms with Crippen LogP contribution >= 0.6 is 11.3 Å². The molecule has 0 bridgehead atoms. The molecule has 4 nitrogen and oxygen atoms in total. The molecule has 0 fully saturated rings. The summed E-state index contributed by atoms with van der Waals surface area (Å²) in [6.45, 7) is 1.44. The molecular formula is C14H13NO3S. The molecule has 0 unspecified atom stereocenters. The molecule has 19 heavy (non-hydrogen) atoms. The van der Waals surface area contributed by atoms with Crippen LogP contribution in [-0.2, 0) is 16.0 Å². The first-order valence-electron chi connectivity index (χ1n) is 5.74. The molecular weight excluding hydrogens is 262 g/mol. The van der Waals surface area contributed by atoms with Gasteiger partial charge < -0.3 is 10.1 Å². The molecule has 0 aliphatic carbocycles. The van der Waals surface area contributed by atoms with Gasteiger partial charge in [0.05, 0.1) is 6.42 Å². The highest BCUT2D eigenvalue weighted by atomic mass is 32.1. The second-order valence-corrected chi connectivity index (χ2v) is 4.97. The number of benzene rings is 1. The Kier molecular flexibility index (Phi) is 4.30. The zero-order valence-electron chi connectivity index (χ0n) is 10.4. The molecule has 2 rings (SSSR count). The third-order valence-electron chi connectivity index (χ3n) is 2.31. The topological polar surface area (TPSA) is 55.4 Å². The SMILES string of the molecule is CC(=O)Nc1ccc(OC(=O)Cc2cccs2)cc1. The number of esters is 1. The number of carbonyl (C=O) groups excluding carboxylic acids is 2. The van der Waals surface area contributed by atoms with Gasteiger partial charge in [0, 0.05) is 17.5 Å². The number of rotatable bonds is 4. The second-order valence-electron chi connectivity index (χ2n) is 3.94. The van der Waals surface area contributed by atoms with Gasteiger partial charge in [0.25, 0.3) is 0 Å². The van der Waals surface area contributed by atoms with Crippen molar-refractivity contribution < 1.29 is 14.3 Å². The van der Waals surface area contributed by atoms with Crippen LogP contribution in [0.25, 0.3) is 0 Å². The average Bonchev–Trinajstić information content (AvgIpc) is 2.83. The molecule has 0 saturated heterocycles. The quantitative estimate of drug-likeness (QED) is 0.689. The Labute approximate surface area is 115 Å². The van der Waals surface area contributed by atoms with Gasteiger partial charge in [-0.25, -0.2) is 0 Å². The van der Waals surface area contributed by atoms with Crippen LogP contribution in [-0.4, -0.2) is 11.9 Å². The first-order valence-corrected chi connectivity index (χ1v) is 6.62. The number of hydrogen-bond donors (Lipinski definition) is 1. The van der Waals surface area contributed by atoms with E-state index in [0.29, 0.717) is 11.4 Å². The Morgan fingerprint density at radius 2 is 1.95 bits per heavy atom. The summed E-state index contributed by atoms with van der Waals surface area (Å²) in [5, 5.41) is 4.57. The van der Waals surface area contributed by atoms with Crippen LogP contribution in [0, 0.1) is 0 Å². The molecule has 98 valence electrons. The van der Waals surface area contributed by atoms with Gasteiger partial charge in [-0.15, -0.1) is 11.3 Å².